The zero-order chi connectivity index (χ0) is 19.0. The molecule has 0 bridgehead atoms. The van der Waals surface area contributed by atoms with Gasteiger partial charge in [0.25, 0.3) is 0 Å². The number of ether oxygens (including phenoxy) is 1. The number of aromatic nitrogens is 2. The largest absolute Gasteiger partial charge is 0.383 e. The van der Waals surface area contributed by atoms with Gasteiger partial charge in [0.15, 0.2) is 5.96 Å². The highest BCUT2D eigenvalue weighted by molar-refractivity contribution is 14.0. The number of hydrogen-bond acceptors (Lipinski definition) is 5. The van der Waals surface area contributed by atoms with Crippen molar-refractivity contribution < 1.29 is 9.84 Å². The number of hydrogen-bond donors (Lipinski definition) is 3. The fourth-order valence-corrected chi connectivity index (χ4v) is 2.81. The lowest BCUT2D eigenvalue weighted by atomic mass is 10.0. The van der Waals surface area contributed by atoms with E-state index in [0.717, 1.165) is 44.3 Å². The van der Waals surface area contributed by atoms with Crippen molar-refractivity contribution in [1.29, 1.82) is 0 Å². The van der Waals surface area contributed by atoms with E-state index in [4.69, 9.17) is 4.74 Å². The number of aliphatic imine (C=N–C) groups is 1. The van der Waals surface area contributed by atoms with Crippen LogP contribution in [0.15, 0.2) is 17.4 Å². The Morgan fingerprint density at radius 2 is 2.19 bits per heavy atom. The summed E-state index contributed by atoms with van der Waals surface area (Å²) in [6.07, 6.45) is 6.07. The Morgan fingerprint density at radius 1 is 1.44 bits per heavy atom. The molecule has 8 nitrogen and oxygen atoms in total. The summed E-state index contributed by atoms with van der Waals surface area (Å²) in [4.78, 5) is 7.02. The Bertz CT molecular complexity index is 574. The Hall–Kier alpha value is -0.910. The van der Waals surface area contributed by atoms with Gasteiger partial charge in [0.05, 0.1) is 19.3 Å². The summed E-state index contributed by atoms with van der Waals surface area (Å²) in [5.41, 5.74) is -0.283. The second-order valence-corrected chi connectivity index (χ2v) is 7.06. The molecule has 0 aliphatic heterocycles. The zero-order valence-electron chi connectivity index (χ0n) is 16.9. The lowest BCUT2D eigenvalue weighted by molar-refractivity contribution is 0.0671. The molecule has 1 aromatic rings. The van der Waals surface area contributed by atoms with Crippen LogP contribution in [0.5, 0.6) is 0 Å². The van der Waals surface area contributed by atoms with Crippen molar-refractivity contribution in [3.63, 3.8) is 0 Å². The van der Waals surface area contributed by atoms with E-state index in [-0.39, 0.29) is 30.5 Å². The van der Waals surface area contributed by atoms with E-state index in [2.05, 4.69) is 25.6 Å². The Kier molecular flexibility index (Phi) is 10.6. The molecule has 3 N–H and O–H groups in total. The molecule has 0 amide bonds. The summed E-state index contributed by atoms with van der Waals surface area (Å²) >= 11 is 0. The Labute approximate surface area is 179 Å². The van der Waals surface area contributed by atoms with Crippen molar-refractivity contribution in [2.24, 2.45) is 12.0 Å². The minimum absolute atomic E-state index is 0. The lowest BCUT2D eigenvalue weighted by Gasteiger charge is -2.23. The van der Waals surface area contributed by atoms with Crippen molar-refractivity contribution >= 4 is 29.9 Å². The summed E-state index contributed by atoms with van der Waals surface area (Å²) in [5.74, 6) is 0.721. The number of guanidine groups is 1. The first-order valence-electron chi connectivity index (χ1n) is 9.43. The van der Waals surface area contributed by atoms with Crippen molar-refractivity contribution in [2.45, 2.75) is 38.3 Å². The maximum Gasteiger partial charge on any atom is 0.191 e. The molecule has 1 aliphatic rings. The van der Waals surface area contributed by atoms with Crippen LogP contribution < -0.4 is 10.6 Å². The fraction of sp³-hybridized carbons (Fsp3) is 0.778. The van der Waals surface area contributed by atoms with Gasteiger partial charge in [0.2, 0.25) is 0 Å². The summed E-state index contributed by atoms with van der Waals surface area (Å²) in [6, 6.07) is 0.706. The number of methoxy groups -OCH3 is 1. The number of rotatable bonds is 11. The molecule has 1 aliphatic carbocycles. The molecule has 1 atom stereocenters. The highest BCUT2D eigenvalue weighted by Gasteiger charge is 2.28. The molecule has 2 rings (SSSR count). The summed E-state index contributed by atoms with van der Waals surface area (Å²) in [7, 11) is 3.58. The molecule has 156 valence electrons. The number of nitrogens with one attached hydrogen (secondary N) is 2. The SMILES string of the molecule is CCNC(=NCC(C)(O)c1cnn(C)c1)NCCN(CCOC)C1CC1.I. The lowest BCUT2D eigenvalue weighted by Crippen LogP contribution is -2.43. The molecule has 0 saturated heterocycles. The molecule has 1 fully saturated rings. The second-order valence-electron chi connectivity index (χ2n) is 7.06. The van der Waals surface area contributed by atoms with Crippen LogP contribution in [-0.4, -0.2) is 78.2 Å². The van der Waals surface area contributed by atoms with E-state index in [1.54, 1.807) is 24.9 Å². The van der Waals surface area contributed by atoms with Gasteiger partial charge in [-0.2, -0.15) is 5.10 Å². The monoisotopic (exact) mass is 494 g/mol. The van der Waals surface area contributed by atoms with Crippen LogP contribution in [0.3, 0.4) is 0 Å². The molecule has 1 aromatic heterocycles. The highest BCUT2D eigenvalue weighted by atomic mass is 127. The minimum atomic E-state index is -1.05. The van der Waals surface area contributed by atoms with Crippen LogP contribution in [0.4, 0.5) is 0 Å². The molecule has 9 heteroatoms. The van der Waals surface area contributed by atoms with Gasteiger partial charge in [0, 0.05) is 58.1 Å². The maximum atomic E-state index is 10.7. The van der Waals surface area contributed by atoms with Gasteiger partial charge in [-0.15, -0.1) is 24.0 Å². The minimum Gasteiger partial charge on any atom is -0.383 e. The predicted molar refractivity (Wildman–Crippen MR) is 119 cm³/mol. The Balaban J connectivity index is 0.00000364. The van der Waals surface area contributed by atoms with Crippen molar-refractivity contribution in [3.05, 3.63) is 18.0 Å². The molecule has 0 radical (unpaired) electrons. The normalized spacial score (nSPS) is 16.7. The van der Waals surface area contributed by atoms with Crippen LogP contribution in [-0.2, 0) is 17.4 Å². The molecular weight excluding hydrogens is 459 g/mol. The number of halogens is 1. The number of nitrogens with zero attached hydrogens (tertiary/aromatic N) is 4. The van der Waals surface area contributed by atoms with Gasteiger partial charge >= 0.3 is 0 Å². The van der Waals surface area contributed by atoms with Crippen LogP contribution >= 0.6 is 24.0 Å². The van der Waals surface area contributed by atoms with Crippen molar-refractivity contribution in [2.75, 3.05) is 46.4 Å². The van der Waals surface area contributed by atoms with Crippen LogP contribution in [0.2, 0.25) is 0 Å². The molecule has 0 aromatic carbocycles. The molecule has 1 unspecified atom stereocenters. The third kappa shape index (κ3) is 8.32. The quantitative estimate of drug-likeness (QED) is 0.241. The van der Waals surface area contributed by atoms with E-state index in [0.29, 0.717) is 6.04 Å². The van der Waals surface area contributed by atoms with E-state index in [1.807, 2.05) is 20.2 Å². The van der Waals surface area contributed by atoms with Gasteiger partial charge in [0.1, 0.15) is 5.60 Å². The third-order valence-corrected chi connectivity index (χ3v) is 4.55. The number of aryl methyl sites for hydroxylation is 1. The van der Waals surface area contributed by atoms with Crippen molar-refractivity contribution in [3.8, 4) is 0 Å². The first-order chi connectivity index (χ1) is 12.5. The molecular formula is C18H35IN6O2. The van der Waals surface area contributed by atoms with Crippen molar-refractivity contribution in [1.82, 2.24) is 25.3 Å². The van der Waals surface area contributed by atoms with Crippen LogP contribution in [0, 0.1) is 0 Å². The average molecular weight is 494 g/mol. The molecule has 27 heavy (non-hydrogen) atoms. The zero-order valence-corrected chi connectivity index (χ0v) is 19.3. The van der Waals surface area contributed by atoms with E-state index in [1.165, 1.54) is 12.8 Å². The molecule has 1 heterocycles. The predicted octanol–water partition coefficient (Wildman–Crippen LogP) is 0.911. The molecule has 1 saturated carbocycles. The van der Waals surface area contributed by atoms with E-state index >= 15 is 0 Å². The summed E-state index contributed by atoms with van der Waals surface area (Å²) in [5, 5.41) is 21.4. The average Bonchev–Trinajstić information content (AvgIpc) is 3.35. The Morgan fingerprint density at radius 3 is 2.74 bits per heavy atom. The second kappa shape index (κ2) is 11.8. The first kappa shape index (κ1) is 24.1. The molecule has 0 spiro atoms. The number of aliphatic hydroxyl groups is 1. The van der Waals surface area contributed by atoms with Gasteiger partial charge in [-0.05, 0) is 26.7 Å². The fourth-order valence-electron chi connectivity index (χ4n) is 2.81. The summed E-state index contributed by atoms with van der Waals surface area (Å²) < 4.78 is 6.89. The van der Waals surface area contributed by atoms with Gasteiger partial charge in [-0.1, -0.05) is 0 Å². The third-order valence-electron chi connectivity index (χ3n) is 4.55. The topological polar surface area (TPSA) is 86.9 Å². The van der Waals surface area contributed by atoms with Crippen LogP contribution in [0.1, 0.15) is 32.3 Å². The maximum absolute atomic E-state index is 10.7. The van der Waals surface area contributed by atoms with E-state index in [9.17, 15) is 5.11 Å². The van der Waals surface area contributed by atoms with Gasteiger partial charge in [-0.3, -0.25) is 9.58 Å². The van der Waals surface area contributed by atoms with E-state index < -0.39 is 5.60 Å². The first-order valence-corrected chi connectivity index (χ1v) is 9.43. The standard InChI is InChI=1S/C18H34N6O2.HI/c1-5-19-17(20-8-9-24(10-11-26-4)16-6-7-16)21-14-18(2,25)15-12-22-23(3)13-15;/h12-13,16,25H,5-11,14H2,1-4H3,(H2,19,20,21);1H. The van der Waals surface area contributed by atoms with Crippen LogP contribution in [0.25, 0.3) is 0 Å². The van der Waals surface area contributed by atoms with Gasteiger partial charge < -0.3 is 20.5 Å². The van der Waals surface area contributed by atoms with Gasteiger partial charge in [-0.25, -0.2) is 4.99 Å². The highest BCUT2D eigenvalue weighted by Crippen LogP contribution is 2.26. The smallest absolute Gasteiger partial charge is 0.191 e. The summed E-state index contributed by atoms with van der Waals surface area (Å²) in [6.45, 7) is 8.33.